The molecule has 1 fully saturated rings. The number of amides is 1. The molecular weight excluding hydrogens is 206 g/mol. The van der Waals surface area contributed by atoms with E-state index in [1.165, 1.54) is 0 Å². The molecule has 1 aliphatic rings. The van der Waals surface area contributed by atoms with E-state index in [2.05, 4.69) is 0 Å². The Hall–Kier alpha value is -0.770. The summed E-state index contributed by atoms with van der Waals surface area (Å²) in [5.41, 5.74) is -0.453. The third kappa shape index (κ3) is 4.00. The lowest BCUT2D eigenvalue weighted by Gasteiger charge is -2.27. The van der Waals surface area contributed by atoms with Gasteiger partial charge < -0.3 is 14.7 Å². The number of hydrogen-bond donors (Lipinski definition) is 1. The number of hydrogen-bond acceptors (Lipinski definition) is 3. The Morgan fingerprint density at radius 2 is 2.06 bits per heavy atom. The van der Waals surface area contributed by atoms with Gasteiger partial charge in [0.15, 0.2) is 0 Å². The molecule has 16 heavy (non-hydrogen) atoms. The van der Waals surface area contributed by atoms with Gasteiger partial charge in [0.25, 0.3) is 0 Å². The number of nitrogens with zero attached hydrogens (tertiary/aromatic N) is 1. The van der Waals surface area contributed by atoms with Crippen LogP contribution < -0.4 is 0 Å². The zero-order chi connectivity index (χ0) is 12.3. The van der Waals surface area contributed by atoms with Crippen LogP contribution in [0.3, 0.4) is 0 Å². The van der Waals surface area contributed by atoms with E-state index < -0.39 is 5.60 Å². The van der Waals surface area contributed by atoms with Crippen molar-refractivity contribution < 1.29 is 14.6 Å². The highest BCUT2D eigenvalue weighted by molar-refractivity contribution is 5.68. The molecule has 0 bridgehead atoms. The largest absolute Gasteiger partial charge is 0.444 e. The Morgan fingerprint density at radius 3 is 2.62 bits per heavy atom. The number of aliphatic hydroxyl groups excluding tert-OH is 1. The molecule has 2 atom stereocenters. The highest BCUT2D eigenvalue weighted by Crippen LogP contribution is 2.19. The molecule has 0 aromatic rings. The van der Waals surface area contributed by atoms with Gasteiger partial charge in [-0.2, -0.15) is 0 Å². The number of carbonyl (C=O) groups is 1. The van der Waals surface area contributed by atoms with Gasteiger partial charge in [-0.3, -0.25) is 0 Å². The summed E-state index contributed by atoms with van der Waals surface area (Å²) in [7, 11) is 0. The minimum absolute atomic E-state index is 0.120. The summed E-state index contributed by atoms with van der Waals surface area (Å²) in [6, 6.07) is 0. The predicted octanol–water partition coefficient (Wildman–Crippen LogP) is 2.01. The molecule has 1 rings (SSSR count). The summed E-state index contributed by atoms with van der Waals surface area (Å²) in [6.07, 6.45) is 1.03. The third-order valence-electron chi connectivity index (χ3n) is 2.74. The predicted molar refractivity (Wildman–Crippen MR) is 62.2 cm³/mol. The topological polar surface area (TPSA) is 49.8 Å². The van der Waals surface area contributed by atoms with Crippen molar-refractivity contribution in [2.24, 2.45) is 5.92 Å². The lowest BCUT2D eigenvalue weighted by molar-refractivity contribution is 0.0212. The van der Waals surface area contributed by atoms with E-state index in [4.69, 9.17) is 4.74 Å². The van der Waals surface area contributed by atoms with Crippen LogP contribution in [0.15, 0.2) is 0 Å². The lowest BCUT2D eigenvalue weighted by atomic mass is 10.0. The van der Waals surface area contributed by atoms with E-state index in [0.29, 0.717) is 13.1 Å². The van der Waals surface area contributed by atoms with Gasteiger partial charge in [0.2, 0.25) is 0 Å². The molecule has 4 nitrogen and oxygen atoms in total. The highest BCUT2D eigenvalue weighted by Gasteiger charge is 2.28. The van der Waals surface area contributed by atoms with Gasteiger partial charge in [-0.15, -0.1) is 0 Å². The van der Waals surface area contributed by atoms with Crippen molar-refractivity contribution in [3.63, 3.8) is 0 Å². The molecule has 1 aliphatic heterocycles. The summed E-state index contributed by atoms with van der Waals surface area (Å²) in [5.74, 6) is 0.120. The second-order valence-electron chi connectivity index (χ2n) is 5.61. The van der Waals surface area contributed by atoms with Gasteiger partial charge in [-0.1, -0.05) is 6.92 Å². The van der Waals surface area contributed by atoms with E-state index in [9.17, 15) is 9.90 Å². The Balaban J connectivity index is 2.56. The first-order valence-corrected chi connectivity index (χ1v) is 5.95. The van der Waals surface area contributed by atoms with Crippen molar-refractivity contribution in [1.29, 1.82) is 0 Å². The molecule has 0 radical (unpaired) electrons. The number of aliphatic hydroxyl groups is 1. The van der Waals surface area contributed by atoms with E-state index in [1.54, 1.807) is 4.90 Å². The number of ether oxygens (including phenoxy) is 1. The van der Waals surface area contributed by atoms with Crippen LogP contribution in [0, 0.1) is 5.92 Å². The fourth-order valence-electron chi connectivity index (χ4n) is 1.83. The first kappa shape index (κ1) is 13.3. The van der Waals surface area contributed by atoms with Crippen LogP contribution in [0.5, 0.6) is 0 Å². The van der Waals surface area contributed by atoms with Gasteiger partial charge in [0.1, 0.15) is 5.60 Å². The molecule has 4 heteroatoms. The maximum Gasteiger partial charge on any atom is 0.410 e. The van der Waals surface area contributed by atoms with Gasteiger partial charge in [0, 0.05) is 13.1 Å². The van der Waals surface area contributed by atoms with E-state index in [0.717, 1.165) is 12.8 Å². The van der Waals surface area contributed by atoms with E-state index in [-0.39, 0.29) is 18.1 Å². The maximum atomic E-state index is 11.8. The first-order chi connectivity index (χ1) is 7.29. The molecule has 1 heterocycles. The minimum Gasteiger partial charge on any atom is -0.444 e. The van der Waals surface area contributed by atoms with Crippen LogP contribution in [0.25, 0.3) is 0 Å². The van der Waals surface area contributed by atoms with E-state index in [1.807, 2.05) is 27.7 Å². The number of carbonyl (C=O) groups excluding carboxylic acids is 1. The SMILES string of the molecule is C[C@H]1CN(C(=O)OC(C)(C)C)CCC[C@@H]1O. The van der Waals surface area contributed by atoms with Crippen LogP contribution in [-0.4, -0.2) is 40.9 Å². The van der Waals surface area contributed by atoms with Crippen molar-refractivity contribution in [3.05, 3.63) is 0 Å². The van der Waals surface area contributed by atoms with Crippen LogP contribution in [0.1, 0.15) is 40.5 Å². The minimum atomic E-state index is -0.453. The molecule has 0 unspecified atom stereocenters. The average Bonchev–Trinajstić information content (AvgIpc) is 2.27. The summed E-state index contributed by atoms with van der Waals surface area (Å²) < 4.78 is 5.32. The molecule has 0 aromatic carbocycles. The number of likely N-dealkylation sites (tertiary alicyclic amines) is 1. The molecule has 1 N–H and O–H groups in total. The van der Waals surface area contributed by atoms with Crippen molar-refractivity contribution in [3.8, 4) is 0 Å². The van der Waals surface area contributed by atoms with Gasteiger partial charge in [0.05, 0.1) is 6.10 Å². The maximum absolute atomic E-state index is 11.8. The summed E-state index contributed by atoms with van der Waals surface area (Å²) in [4.78, 5) is 13.5. The second-order valence-corrected chi connectivity index (χ2v) is 5.61. The first-order valence-electron chi connectivity index (χ1n) is 5.95. The van der Waals surface area contributed by atoms with Crippen LogP contribution in [0.4, 0.5) is 4.79 Å². The molecule has 94 valence electrons. The molecule has 0 aromatic heterocycles. The zero-order valence-corrected chi connectivity index (χ0v) is 10.7. The number of rotatable bonds is 0. The van der Waals surface area contributed by atoms with Crippen molar-refractivity contribution in [2.45, 2.75) is 52.2 Å². The molecule has 1 saturated heterocycles. The fraction of sp³-hybridized carbons (Fsp3) is 0.917. The van der Waals surface area contributed by atoms with Crippen LogP contribution >= 0.6 is 0 Å². The van der Waals surface area contributed by atoms with Gasteiger partial charge in [-0.05, 0) is 39.5 Å². The highest BCUT2D eigenvalue weighted by atomic mass is 16.6. The zero-order valence-electron chi connectivity index (χ0n) is 10.7. The second kappa shape index (κ2) is 5.04. The Bertz CT molecular complexity index is 247. The molecular formula is C12H23NO3. The average molecular weight is 229 g/mol. The standard InChI is InChI=1S/C12H23NO3/c1-9-8-13(7-5-6-10(9)14)11(15)16-12(2,3)4/h9-10,14H,5-8H2,1-4H3/t9-,10-/m0/s1. The van der Waals surface area contributed by atoms with Crippen molar-refractivity contribution in [1.82, 2.24) is 4.90 Å². The van der Waals surface area contributed by atoms with E-state index >= 15 is 0 Å². The monoisotopic (exact) mass is 229 g/mol. The Kier molecular flexibility index (Phi) is 4.19. The molecule has 0 spiro atoms. The van der Waals surface area contributed by atoms with Crippen molar-refractivity contribution >= 4 is 6.09 Å². The van der Waals surface area contributed by atoms with Gasteiger partial charge >= 0.3 is 6.09 Å². The fourth-order valence-corrected chi connectivity index (χ4v) is 1.83. The summed E-state index contributed by atoms with van der Waals surface area (Å²) in [5, 5.41) is 9.71. The Morgan fingerprint density at radius 1 is 1.44 bits per heavy atom. The van der Waals surface area contributed by atoms with Crippen LogP contribution in [-0.2, 0) is 4.74 Å². The van der Waals surface area contributed by atoms with Gasteiger partial charge in [-0.25, -0.2) is 4.79 Å². The third-order valence-corrected chi connectivity index (χ3v) is 2.74. The molecule has 0 aliphatic carbocycles. The summed E-state index contributed by atoms with van der Waals surface area (Å²) in [6.45, 7) is 8.81. The molecule has 0 saturated carbocycles. The normalized spacial score (nSPS) is 27.4. The lowest BCUT2D eigenvalue weighted by Crippen LogP contribution is -2.39. The molecule has 1 amide bonds. The smallest absolute Gasteiger partial charge is 0.410 e. The van der Waals surface area contributed by atoms with Crippen molar-refractivity contribution in [2.75, 3.05) is 13.1 Å². The summed E-state index contributed by atoms with van der Waals surface area (Å²) >= 11 is 0. The van der Waals surface area contributed by atoms with Crippen LogP contribution in [0.2, 0.25) is 0 Å². The quantitative estimate of drug-likeness (QED) is 0.691. The Labute approximate surface area is 97.6 Å².